The van der Waals surface area contributed by atoms with Gasteiger partial charge in [0.15, 0.2) is 0 Å². The van der Waals surface area contributed by atoms with Crippen LogP contribution >= 0.6 is 0 Å². The summed E-state index contributed by atoms with van der Waals surface area (Å²) in [6, 6.07) is 27.5. The molecule has 5 aromatic carbocycles. The predicted octanol–water partition coefficient (Wildman–Crippen LogP) is 8.85. The van der Waals surface area contributed by atoms with Gasteiger partial charge in [-0.3, -0.25) is 0 Å². The Morgan fingerprint density at radius 1 is 0.500 bits per heavy atom. The third kappa shape index (κ3) is 2.89. The van der Waals surface area contributed by atoms with Crippen molar-refractivity contribution in [2.24, 2.45) is 0 Å². The molecule has 0 heterocycles. The highest BCUT2D eigenvalue weighted by atomic mass is 14.3. The summed E-state index contributed by atoms with van der Waals surface area (Å²) in [6.07, 6.45) is 0. The smallest absolute Gasteiger partial charge is 0.00206 e. The average molecular weight is 391 g/mol. The summed E-state index contributed by atoms with van der Waals surface area (Å²) in [5.74, 6) is 0. The fraction of sp³-hybridized carbons (Fsp3) is 0.267. The summed E-state index contributed by atoms with van der Waals surface area (Å²) < 4.78 is 0. The van der Waals surface area contributed by atoms with Crippen LogP contribution in [0, 0.1) is 0 Å². The fourth-order valence-corrected chi connectivity index (χ4v) is 4.84. The van der Waals surface area contributed by atoms with E-state index in [4.69, 9.17) is 0 Å². The Bertz CT molecular complexity index is 1370. The molecule has 0 heteroatoms. The maximum Gasteiger partial charge on any atom is -0.00206 e. The van der Waals surface area contributed by atoms with Crippen LogP contribution in [0.4, 0.5) is 0 Å². The van der Waals surface area contributed by atoms with Gasteiger partial charge < -0.3 is 0 Å². The quantitative estimate of drug-likeness (QED) is 0.251. The minimum Gasteiger partial charge on any atom is -0.0610 e. The molecule has 5 rings (SSSR count). The van der Waals surface area contributed by atoms with Gasteiger partial charge in [-0.05, 0) is 65.4 Å². The Labute approximate surface area is 179 Å². The maximum absolute atomic E-state index is 2.44. The van der Waals surface area contributed by atoms with E-state index in [-0.39, 0.29) is 10.8 Å². The molecular weight excluding hydrogens is 360 g/mol. The zero-order valence-corrected chi connectivity index (χ0v) is 18.9. The van der Waals surface area contributed by atoms with Crippen molar-refractivity contribution in [3.8, 4) is 11.1 Å². The van der Waals surface area contributed by atoms with Crippen LogP contribution in [-0.4, -0.2) is 0 Å². The van der Waals surface area contributed by atoms with Crippen LogP contribution in [0.1, 0.15) is 52.7 Å². The second-order valence-electron chi connectivity index (χ2n) is 10.7. The lowest BCUT2D eigenvalue weighted by atomic mass is 9.76. The van der Waals surface area contributed by atoms with Crippen molar-refractivity contribution >= 4 is 32.3 Å². The SMILES string of the molecule is CC(C)(C)c1ccc(-c2ccc3ccc4cccc5ccc2c3c45)c(C(C)(C)C)c1. The molecular formula is C30H30. The molecule has 5 aromatic rings. The molecule has 0 nitrogen and oxygen atoms in total. The van der Waals surface area contributed by atoms with Crippen molar-refractivity contribution < 1.29 is 0 Å². The molecule has 0 aromatic heterocycles. The highest BCUT2D eigenvalue weighted by Crippen LogP contribution is 2.43. The summed E-state index contributed by atoms with van der Waals surface area (Å²) in [4.78, 5) is 0. The Balaban J connectivity index is 1.88. The van der Waals surface area contributed by atoms with Gasteiger partial charge in [-0.2, -0.15) is 0 Å². The summed E-state index contributed by atoms with van der Waals surface area (Å²) in [6.45, 7) is 13.9. The number of benzene rings is 5. The second kappa shape index (κ2) is 6.32. The zero-order valence-electron chi connectivity index (χ0n) is 18.9. The van der Waals surface area contributed by atoms with E-state index in [1.165, 1.54) is 54.6 Å². The molecule has 150 valence electrons. The third-order valence-electron chi connectivity index (χ3n) is 6.51. The Morgan fingerprint density at radius 2 is 1.07 bits per heavy atom. The van der Waals surface area contributed by atoms with Crippen LogP contribution in [0.15, 0.2) is 72.8 Å². The normalized spacial score (nSPS) is 13.0. The Kier molecular flexibility index (Phi) is 4.03. The number of hydrogen-bond donors (Lipinski definition) is 0. The summed E-state index contributed by atoms with van der Waals surface area (Å²) in [7, 11) is 0. The first-order valence-electron chi connectivity index (χ1n) is 11.0. The van der Waals surface area contributed by atoms with Crippen LogP contribution in [-0.2, 0) is 10.8 Å². The molecule has 30 heavy (non-hydrogen) atoms. The Hall–Kier alpha value is -2.86. The monoisotopic (exact) mass is 390 g/mol. The molecule has 0 saturated carbocycles. The van der Waals surface area contributed by atoms with E-state index in [0.717, 1.165) is 0 Å². The van der Waals surface area contributed by atoms with Crippen LogP contribution in [0.2, 0.25) is 0 Å². The first-order chi connectivity index (χ1) is 14.1. The van der Waals surface area contributed by atoms with E-state index in [1.54, 1.807) is 0 Å². The van der Waals surface area contributed by atoms with Gasteiger partial charge in [0.05, 0.1) is 0 Å². The van der Waals surface area contributed by atoms with Crippen LogP contribution in [0.5, 0.6) is 0 Å². The molecule has 0 unspecified atom stereocenters. The van der Waals surface area contributed by atoms with Crippen LogP contribution < -0.4 is 0 Å². The molecule has 0 aliphatic rings. The minimum atomic E-state index is 0.0700. The molecule has 0 atom stereocenters. The lowest BCUT2D eigenvalue weighted by Crippen LogP contribution is -2.17. The molecule has 0 bridgehead atoms. The summed E-state index contributed by atoms with van der Waals surface area (Å²) in [5.41, 5.74) is 5.72. The van der Waals surface area contributed by atoms with Gasteiger partial charge in [0.1, 0.15) is 0 Å². The molecule has 0 fully saturated rings. The highest BCUT2D eigenvalue weighted by molar-refractivity contribution is 6.25. The molecule has 0 spiro atoms. The van der Waals surface area contributed by atoms with E-state index in [0.29, 0.717) is 0 Å². The molecule has 0 aliphatic heterocycles. The minimum absolute atomic E-state index is 0.0700. The summed E-state index contributed by atoms with van der Waals surface area (Å²) >= 11 is 0. The molecule has 0 radical (unpaired) electrons. The number of hydrogen-bond acceptors (Lipinski definition) is 0. The van der Waals surface area contributed by atoms with Crippen molar-refractivity contribution in [1.29, 1.82) is 0 Å². The third-order valence-corrected chi connectivity index (χ3v) is 6.51. The largest absolute Gasteiger partial charge is 0.0610 e. The van der Waals surface area contributed by atoms with Crippen molar-refractivity contribution in [3.63, 3.8) is 0 Å². The topological polar surface area (TPSA) is 0 Å². The second-order valence-corrected chi connectivity index (χ2v) is 10.7. The molecule has 0 N–H and O–H groups in total. The van der Waals surface area contributed by atoms with E-state index < -0.39 is 0 Å². The van der Waals surface area contributed by atoms with Crippen molar-refractivity contribution in [3.05, 3.63) is 83.9 Å². The maximum atomic E-state index is 2.44. The van der Waals surface area contributed by atoms with Crippen LogP contribution in [0.3, 0.4) is 0 Å². The Morgan fingerprint density at radius 3 is 1.70 bits per heavy atom. The standard InChI is InChI=1S/C30H30/c1-29(2,3)22-14-17-24(26(18-22)30(4,5)6)23-15-12-21-11-10-19-8-7-9-20-13-16-25(23)28(21)27(19)20/h7-18H,1-6H3. The first-order valence-corrected chi connectivity index (χ1v) is 11.0. The van der Waals surface area contributed by atoms with E-state index >= 15 is 0 Å². The van der Waals surface area contributed by atoms with Crippen LogP contribution in [0.25, 0.3) is 43.4 Å². The summed E-state index contributed by atoms with van der Waals surface area (Å²) in [5, 5.41) is 8.09. The highest BCUT2D eigenvalue weighted by Gasteiger charge is 2.24. The lowest BCUT2D eigenvalue weighted by molar-refractivity contribution is 0.570. The van der Waals surface area contributed by atoms with Gasteiger partial charge in [0.25, 0.3) is 0 Å². The van der Waals surface area contributed by atoms with Gasteiger partial charge >= 0.3 is 0 Å². The van der Waals surface area contributed by atoms with Crippen molar-refractivity contribution in [2.75, 3.05) is 0 Å². The van der Waals surface area contributed by atoms with Gasteiger partial charge in [-0.1, -0.05) is 114 Å². The lowest BCUT2D eigenvalue weighted by Gasteiger charge is -2.28. The van der Waals surface area contributed by atoms with Gasteiger partial charge in [0.2, 0.25) is 0 Å². The first kappa shape index (κ1) is 19.1. The zero-order chi connectivity index (χ0) is 21.3. The molecule has 0 saturated heterocycles. The number of rotatable bonds is 1. The van der Waals surface area contributed by atoms with Gasteiger partial charge in [-0.15, -0.1) is 0 Å². The average Bonchev–Trinajstić information content (AvgIpc) is 2.70. The van der Waals surface area contributed by atoms with Crippen molar-refractivity contribution in [2.45, 2.75) is 52.4 Å². The van der Waals surface area contributed by atoms with E-state index in [9.17, 15) is 0 Å². The van der Waals surface area contributed by atoms with Crippen molar-refractivity contribution in [1.82, 2.24) is 0 Å². The molecule has 0 aliphatic carbocycles. The van der Waals surface area contributed by atoms with Gasteiger partial charge in [0, 0.05) is 0 Å². The fourth-order valence-electron chi connectivity index (χ4n) is 4.84. The van der Waals surface area contributed by atoms with Gasteiger partial charge in [-0.25, -0.2) is 0 Å². The van der Waals surface area contributed by atoms with E-state index in [1.807, 2.05) is 0 Å². The predicted molar refractivity (Wildman–Crippen MR) is 133 cm³/mol. The molecule has 0 amide bonds. The van der Waals surface area contributed by atoms with E-state index in [2.05, 4.69) is 114 Å².